The Balaban J connectivity index is 0.670. The van der Waals surface area contributed by atoms with Gasteiger partial charge in [0.1, 0.15) is 28.9 Å². The molecule has 3 fully saturated rings. The van der Waals surface area contributed by atoms with Gasteiger partial charge in [-0.3, -0.25) is 49.2 Å². The number of sulfonamides is 1. The number of ether oxygens (including phenoxy) is 1. The zero-order chi connectivity index (χ0) is 60.3. The Bertz CT molecular complexity index is 3760. The van der Waals surface area contributed by atoms with Crippen LogP contribution in [-0.4, -0.2) is 127 Å². The highest BCUT2D eigenvalue weighted by Crippen LogP contribution is 2.44. The van der Waals surface area contributed by atoms with Gasteiger partial charge in [-0.25, -0.2) is 18.1 Å². The number of carbonyl (C=O) groups excluding carboxylic acids is 5. The first-order chi connectivity index (χ1) is 41.4. The molecule has 450 valence electrons. The Hall–Kier alpha value is -8.18. The Morgan fingerprint density at radius 1 is 0.860 bits per heavy atom. The number of anilines is 3. The zero-order valence-electron chi connectivity index (χ0n) is 48.1. The highest BCUT2D eigenvalue weighted by atomic mass is 35.5. The number of unbranched alkanes of at least 4 members (excludes halogenated alkanes) is 1. The van der Waals surface area contributed by atoms with Crippen LogP contribution in [-0.2, 0) is 19.6 Å². The number of halogens is 1. The number of nitrogens with zero attached hydrogens (tertiary/aromatic N) is 5. The highest BCUT2D eigenvalue weighted by molar-refractivity contribution is 7.90. The quantitative estimate of drug-likeness (QED) is 0.0169. The van der Waals surface area contributed by atoms with E-state index in [-0.39, 0.29) is 52.3 Å². The van der Waals surface area contributed by atoms with Gasteiger partial charge >= 0.3 is 0 Å². The molecular formula is C63H70ClN11O10S. The molecule has 23 heteroatoms. The Labute approximate surface area is 503 Å². The minimum atomic E-state index is -4.64. The van der Waals surface area contributed by atoms with Crippen molar-refractivity contribution in [3.05, 3.63) is 146 Å². The molecule has 3 aliphatic heterocycles. The summed E-state index contributed by atoms with van der Waals surface area (Å²) in [6.45, 7) is 10.3. The second-order valence-corrected chi connectivity index (χ2v) is 25.9. The lowest BCUT2D eigenvalue weighted by molar-refractivity contribution is -0.384. The van der Waals surface area contributed by atoms with Crippen LogP contribution >= 0.6 is 11.6 Å². The number of H-pyrrole nitrogens is 1. The summed E-state index contributed by atoms with van der Waals surface area (Å²) in [5.74, 6) is -2.52. The van der Waals surface area contributed by atoms with E-state index in [1.165, 1.54) is 41.1 Å². The van der Waals surface area contributed by atoms with Gasteiger partial charge < -0.3 is 30.6 Å². The second-order valence-electron chi connectivity index (χ2n) is 23.8. The molecule has 4 aromatic carbocycles. The lowest BCUT2D eigenvalue weighted by Crippen LogP contribution is -2.54. The maximum absolute atomic E-state index is 14.2. The van der Waals surface area contributed by atoms with Gasteiger partial charge in [-0.2, -0.15) is 0 Å². The summed E-state index contributed by atoms with van der Waals surface area (Å²) in [6, 6.07) is 24.6. The number of piperazine rings is 1. The lowest BCUT2D eigenvalue weighted by atomic mass is 9.72. The number of piperidine rings is 1. The SMILES string of the molecule is CC1(C)CCC(CN2CCN(c3ccc(C(=O)NS(=O)(=O)c4ccc(NCC5CCC(NCCCCNc6cccc7c6C(=O)N(C6CCC(=O)NC6=O)C7=O)CC5)c([N+](=O)[O-])c4)c(Oc4cnc5[nH]ccc5c4)c3)CC2)=C(c2ccc(Cl)cc2)C1. The topological polar surface area (TPSA) is 270 Å². The number of allylic oxidation sites excluding steroid dienone is 1. The third-order valence-corrected chi connectivity index (χ3v) is 18.9. The molecule has 6 N–H and O–H groups in total. The number of benzene rings is 4. The zero-order valence-corrected chi connectivity index (χ0v) is 49.7. The maximum atomic E-state index is 14.2. The molecule has 0 radical (unpaired) electrons. The fourth-order valence-electron chi connectivity index (χ4n) is 12.5. The van der Waals surface area contributed by atoms with Gasteiger partial charge in [0.05, 0.1) is 32.7 Å². The van der Waals surface area contributed by atoms with Crippen molar-refractivity contribution in [1.82, 2.24) is 35.1 Å². The molecule has 2 aromatic heterocycles. The number of amides is 5. The molecule has 6 aromatic rings. The summed E-state index contributed by atoms with van der Waals surface area (Å²) in [4.78, 5) is 89.5. The van der Waals surface area contributed by atoms with Gasteiger partial charge in [-0.1, -0.05) is 49.2 Å². The number of rotatable bonds is 21. The minimum Gasteiger partial charge on any atom is -0.455 e. The molecule has 0 spiro atoms. The lowest BCUT2D eigenvalue weighted by Gasteiger charge is -2.39. The first-order valence-corrected chi connectivity index (χ1v) is 31.3. The summed E-state index contributed by atoms with van der Waals surface area (Å²) >= 11 is 6.27. The molecule has 5 heterocycles. The fraction of sp³-hybridized carbons (Fsp3) is 0.397. The monoisotopic (exact) mass is 1210 g/mol. The van der Waals surface area contributed by atoms with E-state index in [4.69, 9.17) is 16.3 Å². The van der Waals surface area contributed by atoms with Crippen LogP contribution in [0.3, 0.4) is 0 Å². The second kappa shape index (κ2) is 25.4. The molecule has 1 saturated carbocycles. The summed E-state index contributed by atoms with van der Waals surface area (Å²) in [7, 11) is -4.64. The van der Waals surface area contributed by atoms with E-state index in [0.29, 0.717) is 54.3 Å². The van der Waals surface area contributed by atoms with Crippen molar-refractivity contribution in [2.45, 2.75) is 101 Å². The summed E-state index contributed by atoms with van der Waals surface area (Å²) in [5, 5.41) is 26.3. The number of carbonyl (C=O) groups is 5. The Morgan fingerprint density at radius 3 is 2.41 bits per heavy atom. The maximum Gasteiger partial charge on any atom is 0.293 e. The van der Waals surface area contributed by atoms with Crippen LogP contribution in [0.4, 0.5) is 22.7 Å². The average molecular weight is 1210 g/mol. The molecule has 11 rings (SSSR count). The molecule has 1 unspecified atom stereocenters. The number of nitrogens with one attached hydrogen (secondary N) is 6. The first kappa shape index (κ1) is 59.5. The smallest absolute Gasteiger partial charge is 0.293 e. The van der Waals surface area contributed by atoms with Crippen molar-refractivity contribution in [3.8, 4) is 11.5 Å². The highest BCUT2D eigenvalue weighted by Gasteiger charge is 2.46. The predicted octanol–water partition coefficient (Wildman–Crippen LogP) is 9.68. The molecule has 1 atom stereocenters. The summed E-state index contributed by atoms with van der Waals surface area (Å²) in [5.41, 5.74) is 6.32. The van der Waals surface area contributed by atoms with Gasteiger partial charge in [0.2, 0.25) is 11.8 Å². The van der Waals surface area contributed by atoms with Crippen LogP contribution in [0, 0.1) is 21.4 Å². The van der Waals surface area contributed by atoms with Crippen molar-refractivity contribution >= 4 is 90.5 Å². The van der Waals surface area contributed by atoms with Crippen LogP contribution in [0.25, 0.3) is 16.6 Å². The summed E-state index contributed by atoms with van der Waals surface area (Å²) in [6.07, 6.45) is 11.7. The van der Waals surface area contributed by atoms with Crippen LogP contribution in [0.1, 0.15) is 121 Å². The van der Waals surface area contributed by atoms with E-state index >= 15 is 0 Å². The molecule has 5 aliphatic rings. The van der Waals surface area contributed by atoms with E-state index < -0.39 is 61.1 Å². The van der Waals surface area contributed by atoms with Gasteiger partial charge in [0, 0.05) is 98.4 Å². The van der Waals surface area contributed by atoms with E-state index in [1.54, 1.807) is 42.6 Å². The molecule has 5 amide bonds. The number of hydrogen-bond acceptors (Lipinski definition) is 16. The van der Waals surface area contributed by atoms with Crippen molar-refractivity contribution < 1.29 is 42.1 Å². The average Bonchev–Trinajstić information content (AvgIpc) is 2.05. The Kier molecular flexibility index (Phi) is 17.6. The standard InChI is InChI=1S/C63H70ClN11O10S/c1-63(2)24-22-42(50(35-63)40-10-12-43(64)13-11-40)38-72-28-30-73(31-29-72)45-16-18-48(55(33-45)85-46-32-41-23-27-67-58(41)69-37-46)59(77)71-86(83,84)47-17-19-51(54(34-47)75(81)82)68-36-39-8-14-44(15-9-39)65-25-3-4-26-66-52-7-5-6-49-57(52)62(80)74(61(49)79)53-20-21-56(76)70-60(53)78/h5-7,10-13,16-19,23,27,32-34,37,39,44,53,65-66,68H,3-4,8-9,14-15,20-22,24-26,28-31,35-36,38H2,1-2H3,(H,67,69)(H,71,77)(H,70,76,78). The van der Waals surface area contributed by atoms with Crippen LogP contribution in [0.15, 0.2) is 114 Å². The van der Waals surface area contributed by atoms with Crippen molar-refractivity contribution in [3.63, 3.8) is 0 Å². The van der Waals surface area contributed by atoms with Crippen molar-refractivity contribution in [1.29, 1.82) is 0 Å². The number of imide groups is 2. The van der Waals surface area contributed by atoms with Crippen LogP contribution in [0.5, 0.6) is 11.5 Å². The molecule has 2 saturated heterocycles. The van der Waals surface area contributed by atoms with E-state index in [0.717, 1.165) is 106 Å². The number of aromatic nitrogens is 2. The molecular weight excluding hydrogens is 1140 g/mol. The molecule has 21 nitrogen and oxygen atoms in total. The number of nitro groups is 1. The molecule has 2 aliphatic carbocycles. The van der Waals surface area contributed by atoms with Gasteiger partial charge in [0.15, 0.2) is 0 Å². The minimum absolute atomic E-state index is 0.0463. The number of nitro benzene ring substituents is 1. The number of pyridine rings is 1. The van der Waals surface area contributed by atoms with Gasteiger partial charge in [-0.05, 0) is 154 Å². The van der Waals surface area contributed by atoms with Crippen LogP contribution in [0.2, 0.25) is 5.02 Å². The summed E-state index contributed by atoms with van der Waals surface area (Å²) < 4.78 is 36.5. The van der Waals surface area contributed by atoms with Gasteiger partial charge in [0.25, 0.3) is 33.4 Å². The normalized spacial score (nSPS) is 20.0. The number of hydrogen-bond donors (Lipinski definition) is 6. The first-order valence-electron chi connectivity index (χ1n) is 29.5. The largest absolute Gasteiger partial charge is 0.455 e. The number of fused-ring (bicyclic) bond motifs is 2. The van der Waals surface area contributed by atoms with Crippen molar-refractivity contribution in [2.24, 2.45) is 11.3 Å². The third-order valence-electron chi connectivity index (χ3n) is 17.3. The van der Waals surface area contributed by atoms with E-state index in [1.807, 2.05) is 18.2 Å². The van der Waals surface area contributed by atoms with Crippen LogP contribution < -0.4 is 35.6 Å². The van der Waals surface area contributed by atoms with Gasteiger partial charge in [-0.15, -0.1) is 0 Å². The third kappa shape index (κ3) is 13.4. The van der Waals surface area contributed by atoms with E-state index in [9.17, 15) is 42.5 Å². The van der Waals surface area contributed by atoms with Crippen molar-refractivity contribution in [2.75, 3.05) is 67.9 Å². The molecule has 86 heavy (non-hydrogen) atoms. The fourth-order valence-corrected chi connectivity index (χ4v) is 13.6. The Morgan fingerprint density at radius 2 is 1.64 bits per heavy atom. The number of aromatic amines is 1. The molecule has 0 bridgehead atoms. The predicted molar refractivity (Wildman–Crippen MR) is 328 cm³/mol. The van der Waals surface area contributed by atoms with E-state index in [2.05, 4.69) is 71.7 Å².